The molecule has 6 rings (SSSR count). The standard InChI is InChI=1S/C33H27N5O4S/c1-4-16-42-26-14-15-27(21(2)17-26)30-23(20-37(36-30)24-8-6-5-7-9-24)19-29-32(40)38-33(43-29)34-31(39)28(35-38)18-22-10-12-25(41-3)13-11-22/h4-15,17,19-20H,1,16,18H2,2-3H3. The lowest BCUT2D eigenvalue weighted by Crippen LogP contribution is -2.28. The summed E-state index contributed by atoms with van der Waals surface area (Å²) in [5.41, 5.74) is 4.40. The molecule has 0 aliphatic heterocycles. The zero-order chi connectivity index (χ0) is 29.9. The summed E-state index contributed by atoms with van der Waals surface area (Å²) in [6, 6.07) is 22.9. The monoisotopic (exact) mass is 589 g/mol. The number of methoxy groups -OCH3 is 1. The molecule has 0 aliphatic rings. The van der Waals surface area contributed by atoms with Gasteiger partial charge in [0.1, 0.15) is 29.5 Å². The first-order valence-electron chi connectivity index (χ1n) is 13.5. The Balaban J connectivity index is 1.45. The van der Waals surface area contributed by atoms with E-state index in [2.05, 4.69) is 16.7 Å². The van der Waals surface area contributed by atoms with Crippen LogP contribution in [0, 0.1) is 6.92 Å². The van der Waals surface area contributed by atoms with Gasteiger partial charge in [-0.2, -0.15) is 19.7 Å². The average molecular weight is 590 g/mol. The topological polar surface area (TPSA) is 101 Å². The minimum atomic E-state index is -0.462. The number of thiazole rings is 1. The van der Waals surface area contributed by atoms with Gasteiger partial charge in [-0.15, -0.1) is 0 Å². The molecule has 214 valence electrons. The molecule has 0 bridgehead atoms. The van der Waals surface area contributed by atoms with E-state index in [-0.39, 0.29) is 22.6 Å². The van der Waals surface area contributed by atoms with Crippen LogP contribution in [0.2, 0.25) is 0 Å². The van der Waals surface area contributed by atoms with Crippen LogP contribution in [0.3, 0.4) is 0 Å². The van der Waals surface area contributed by atoms with Crippen molar-refractivity contribution in [2.75, 3.05) is 13.7 Å². The van der Waals surface area contributed by atoms with Gasteiger partial charge in [-0.3, -0.25) is 9.59 Å². The van der Waals surface area contributed by atoms with Gasteiger partial charge in [-0.05, 0) is 66.6 Å². The number of nitrogens with zero attached hydrogens (tertiary/aromatic N) is 5. The molecule has 43 heavy (non-hydrogen) atoms. The van der Waals surface area contributed by atoms with E-state index in [1.54, 1.807) is 23.9 Å². The fraction of sp³-hybridized carbons (Fsp3) is 0.121. The summed E-state index contributed by atoms with van der Waals surface area (Å²) in [4.78, 5) is 30.8. The summed E-state index contributed by atoms with van der Waals surface area (Å²) in [7, 11) is 1.59. The maximum atomic E-state index is 13.5. The number of aryl methyl sites for hydroxylation is 1. The SMILES string of the molecule is C=CCOc1ccc(-c2nn(-c3ccccc3)cc2C=c2sc3nc(=O)c(Cc4ccc(OC)cc4)nn3c2=O)c(C)c1. The number of benzene rings is 3. The second-order valence-electron chi connectivity index (χ2n) is 9.79. The fourth-order valence-corrected chi connectivity index (χ4v) is 5.59. The molecule has 3 aromatic heterocycles. The Morgan fingerprint density at radius 3 is 2.47 bits per heavy atom. The zero-order valence-corrected chi connectivity index (χ0v) is 24.4. The van der Waals surface area contributed by atoms with Crippen LogP contribution in [0.5, 0.6) is 11.5 Å². The third-order valence-electron chi connectivity index (χ3n) is 6.85. The van der Waals surface area contributed by atoms with Crippen LogP contribution in [0.4, 0.5) is 0 Å². The van der Waals surface area contributed by atoms with Crippen molar-refractivity contribution in [1.29, 1.82) is 0 Å². The molecule has 3 heterocycles. The maximum Gasteiger partial charge on any atom is 0.296 e. The van der Waals surface area contributed by atoms with E-state index >= 15 is 0 Å². The van der Waals surface area contributed by atoms with Crippen molar-refractivity contribution < 1.29 is 9.47 Å². The van der Waals surface area contributed by atoms with Gasteiger partial charge in [0.25, 0.3) is 11.1 Å². The second-order valence-corrected chi connectivity index (χ2v) is 10.8. The lowest BCUT2D eigenvalue weighted by molar-refractivity contribution is 0.363. The van der Waals surface area contributed by atoms with Crippen molar-refractivity contribution in [3.05, 3.63) is 139 Å². The number of fused-ring (bicyclic) bond motifs is 1. The Morgan fingerprint density at radius 2 is 1.74 bits per heavy atom. The molecule has 10 heteroatoms. The van der Waals surface area contributed by atoms with Crippen LogP contribution < -0.4 is 25.1 Å². The van der Waals surface area contributed by atoms with Crippen molar-refractivity contribution in [3.8, 4) is 28.4 Å². The first-order valence-corrected chi connectivity index (χ1v) is 14.3. The number of rotatable bonds is 9. The van der Waals surface area contributed by atoms with E-state index in [4.69, 9.17) is 14.6 Å². The lowest BCUT2D eigenvalue weighted by Gasteiger charge is -2.08. The largest absolute Gasteiger partial charge is 0.497 e. The van der Waals surface area contributed by atoms with Gasteiger partial charge in [0.05, 0.1) is 17.3 Å². The highest BCUT2D eigenvalue weighted by Crippen LogP contribution is 2.30. The molecular weight excluding hydrogens is 562 g/mol. The van der Waals surface area contributed by atoms with E-state index in [0.29, 0.717) is 22.6 Å². The third-order valence-corrected chi connectivity index (χ3v) is 7.81. The first kappa shape index (κ1) is 27.8. The Bertz CT molecular complexity index is 2120. The Hall–Kier alpha value is -5.35. The van der Waals surface area contributed by atoms with Crippen LogP contribution >= 0.6 is 11.3 Å². The summed E-state index contributed by atoms with van der Waals surface area (Å²) in [5, 5.41) is 9.31. The molecule has 3 aromatic carbocycles. The molecular formula is C33H27N5O4S. The highest BCUT2D eigenvalue weighted by atomic mass is 32.1. The van der Waals surface area contributed by atoms with E-state index in [9.17, 15) is 9.59 Å². The third kappa shape index (κ3) is 5.73. The zero-order valence-electron chi connectivity index (χ0n) is 23.6. The van der Waals surface area contributed by atoms with Crippen LogP contribution in [-0.2, 0) is 6.42 Å². The molecule has 0 atom stereocenters. The van der Waals surface area contributed by atoms with E-state index < -0.39 is 5.56 Å². The van der Waals surface area contributed by atoms with Crippen LogP contribution in [-0.4, -0.2) is 38.1 Å². The summed E-state index contributed by atoms with van der Waals surface area (Å²) < 4.78 is 14.3. The molecule has 0 saturated carbocycles. The molecule has 0 fully saturated rings. The molecule has 6 aromatic rings. The summed E-state index contributed by atoms with van der Waals surface area (Å²) in [6.07, 6.45) is 5.60. The summed E-state index contributed by atoms with van der Waals surface area (Å²) >= 11 is 1.12. The number of hydrogen-bond donors (Lipinski definition) is 0. The number of para-hydroxylation sites is 1. The second kappa shape index (κ2) is 11.9. The number of ether oxygens (including phenoxy) is 2. The fourth-order valence-electron chi connectivity index (χ4n) is 4.69. The van der Waals surface area contributed by atoms with Crippen molar-refractivity contribution in [3.63, 3.8) is 0 Å². The molecule has 0 unspecified atom stereocenters. The van der Waals surface area contributed by atoms with Gasteiger partial charge in [-0.1, -0.05) is 54.3 Å². The van der Waals surface area contributed by atoms with Crippen molar-refractivity contribution in [2.24, 2.45) is 0 Å². The molecule has 9 nitrogen and oxygen atoms in total. The van der Waals surface area contributed by atoms with E-state index in [1.807, 2.05) is 85.9 Å². The lowest BCUT2D eigenvalue weighted by atomic mass is 10.0. The molecule has 0 radical (unpaired) electrons. The molecule has 0 spiro atoms. The highest BCUT2D eigenvalue weighted by Gasteiger charge is 2.16. The van der Waals surface area contributed by atoms with Crippen LogP contribution in [0.15, 0.2) is 101 Å². The minimum absolute atomic E-state index is 0.191. The maximum absolute atomic E-state index is 13.5. The molecule has 0 aliphatic carbocycles. The molecule has 0 amide bonds. The van der Waals surface area contributed by atoms with Gasteiger partial charge in [0.2, 0.25) is 4.96 Å². The highest BCUT2D eigenvalue weighted by molar-refractivity contribution is 7.15. The van der Waals surface area contributed by atoms with Gasteiger partial charge in [0.15, 0.2) is 0 Å². The van der Waals surface area contributed by atoms with Crippen molar-refractivity contribution in [1.82, 2.24) is 24.4 Å². The van der Waals surface area contributed by atoms with Crippen molar-refractivity contribution >= 4 is 22.4 Å². The normalized spacial score (nSPS) is 11.6. The van der Waals surface area contributed by atoms with E-state index in [1.165, 1.54) is 4.52 Å². The summed E-state index contributed by atoms with van der Waals surface area (Å²) in [5.74, 6) is 1.44. The van der Waals surface area contributed by atoms with Gasteiger partial charge >= 0.3 is 0 Å². The summed E-state index contributed by atoms with van der Waals surface area (Å²) in [6.45, 7) is 6.10. The minimum Gasteiger partial charge on any atom is -0.497 e. The smallest absolute Gasteiger partial charge is 0.296 e. The van der Waals surface area contributed by atoms with Gasteiger partial charge in [0, 0.05) is 23.7 Å². The van der Waals surface area contributed by atoms with Crippen molar-refractivity contribution in [2.45, 2.75) is 13.3 Å². The molecule has 0 saturated heterocycles. The van der Waals surface area contributed by atoms with Crippen LogP contribution in [0.25, 0.3) is 28.0 Å². The first-order chi connectivity index (χ1) is 20.9. The predicted octanol–water partition coefficient (Wildman–Crippen LogP) is 4.38. The number of hydrogen-bond acceptors (Lipinski definition) is 8. The average Bonchev–Trinajstić information content (AvgIpc) is 3.57. The van der Waals surface area contributed by atoms with Crippen LogP contribution in [0.1, 0.15) is 22.4 Å². The predicted molar refractivity (Wildman–Crippen MR) is 167 cm³/mol. The Kier molecular flexibility index (Phi) is 7.67. The van der Waals surface area contributed by atoms with Gasteiger partial charge in [-0.25, -0.2) is 4.68 Å². The van der Waals surface area contributed by atoms with E-state index in [0.717, 1.165) is 45.0 Å². The van der Waals surface area contributed by atoms with Gasteiger partial charge < -0.3 is 9.47 Å². The Morgan fingerprint density at radius 1 is 0.977 bits per heavy atom. The quantitative estimate of drug-likeness (QED) is 0.231. The molecule has 0 N–H and O–H groups in total. The number of aromatic nitrogens is 5. The Labute approximate surface area is 250 Å².